The second-order valence-corrected chi connectivity index (χ2v) is 4.59. The average molecular weight is 254 g/mol. The van der Waals surface area contributed by atoms with E-state index in [0.29, 0.717) is 11.9 Å². The van der Waals surface area contributed by atoms with Gasteiger partial charge in [0.15, 0.2) is 0 Å². The van der Waals surface area contributed by atoms with E-state index >= 15 is 0 Å². The van der Waals surface area contributed by atoms with Crippen LogP contribution in [0, 0.1) is 13.8 Å². The molecule has 1 aromatic carbocycles. The van der Waals surface area contributed by atoms with Gasteiger partial charge in [0.2, 0.25) is 0 Å². The van der Waals surface area contributed by atoms with Gasteiger partial charge in [0.1, 0.15) is 0 Å². The van der Waals surface area contributed by atoms with E-state index < -0.39 is 0 Å². The van der Waals surface area contributed by atoms with Crippen molar-refractivity contribution in [1.29, 1.82) is 0 Å². The summed E-state index contributed by atoms with van der Waals surface area (Å²) in [7, 11) is 0. The molecule has 1 N–H and O–H groups in total. The van der Waals surface area contributed by atoms with Crippen LogP contribution in [0.2, 0.25) is 0 Å². The molecule has 0 bridgehead atoms. The molecule has 3 aromatic rings. The Hall–Kier alpha value is -2.43. The fourth-order valence-electron chi connectivity index (χ4n) is 2.34. The molecule has 2 aromatic heterocycles. The standard InChI is InChI=1S/C14H14N4O/c1-9-12-13(10(2)15-16-14(12)19)18(17-9)8-11-6-4-3-5-7-11/h3-7H,8H2,1-2H3,(H,16,19). The SMILES string of the molecule is Cc1nn(Cc2ccccc2)c2c(C)n[nH]c(=O)c12. The number of hydrogen-bond acceptors (Lipinski definition) is 3. The smallest absolute Gasteiger partial charge is 0.267 e. The van der Waals surface area contributed by atoms with Crippen LogP contribution in [0.4, 0.5) is 0 Å². The van der Waals surface area contributed by atoms with Crippen LogP contribution < -0.4 is 5.56 Å². The topological polar surface area (TPSA) is 63.6 Å². The average Bonchev–Trinajstić information content (AvgIpc) is 2.73. The first-order valence-corrected chi connectivity index (χ1v) is 6.13. The summed E-state index contributed by atoms with van der Waals surface area (Å²) < 4.78 is 1.84. The van der Waals surface area contributed by atoms with Gasteiger partial charge in [-0.2, -0.15) is 10.2 Å². The van der Waals surface area contributed by atoms with E-state index in [1.54, 1.807) is 0 Å². The first-order valence-electron chi connectivity index (χ1n) is 6.13. The zero-order valence-corrected chi connectivity index (χ0v) is 10.8. The molecular formula is C14H14N4O. The maximum atomic E-state index is 11.8. The Kier molecular flexibility index (Phi) is 2.67. The summed E-state index contributed by atoms with van der Waals surface area (Å²) in [4.78, 5) is 11.8. The van der Waals surface area contributed by atoms with Crippen molar-refractivity contribution in [2.75, 3.05) is 0 Å². The fraction of sp³-hybridized carbons (Fsp3) is 0.214. The van der Waals surface area contributed by atoms with Crippen molar-refractivity contribution in [3.05, 3.63) is 57.6 Å². The number of benzene rings is 1. The zero-order valence-electron chi connectivity index (χ0n) is 10.8. The monoisotopic (exact) mass is 254 g/mol. The molecule has 5 nitrogen and oxygen atoms in total. The van der Waals surface area contributed by atoms with Gasteiger partial charge in [0.05, 0.1) is 28.8 Å². The van der Waals surface area contributed by atoms with E-state index in [4.69, 9.17) is 0 Å². The van der Waals surface area contributed by atoms with Crippen molar-refractivity contribution in [2.24, 2.45) is 0 Å². The summed E-state index contributed by atoms with van der Waals surface area (Å²) in [6, 6.07) is 10.0. The number of nitrogens with one attached hydrogen (secondary N) is 1. The van der Waals surface area contributed by atoms with Gasteiger partial charge < -0.3 is 0 Å². The van der Waals surface area contributed by atoms with E-state index in [2.05, 4.69) is 15.3 Å². The summed E-state index contributed by atoms with van der Waals surface area (Å²) in [5, 5.41) is 11.6. The predicted molar refractivity (Wildman–Crippen MR) is 73.2 cm³/mol. The molecule has 19 heavy (non-hydrogen) atoms. The van der Waals surface area contributed by atoms with Gasteiger partial charge in [-0.15, -0.1) is 0 Å². The number of H-pyrrole nitrogens is 1. The third-order valence-electron chi connectivity index (χ3n) is 3.20. The molecule has 0 fully saturated rings. The Bertz CT molecular complexity index is 786. The number of aromatic nitrogens is 4. The van der Waals surface area contributed by atoms with Gasteiger partial charge in [-0.05, 0) is 19.4 Å². The van der Waals surface area contributed by atoms with Gasteiger partial charge in [-0.3, -0.25) is 9.48 Å². The number of rotatable bonds is 2. The number of aryl methyl sites for hydroxylation is 2. The van der Waals surface area contributed by atoms with Crippen molar-refractivity contribution in [1.82, 2.24) is 20.0 Å². The lowest BCUT2D eigenvalue weighted by molar-refractivity contribution is 0.699. The maximum absolute atomic E-state index is 11.8. The highest BCUT2D eigenvalue weighted by atomic mass is 16.1. The molecule has 0 saturated heterocycles. The Labute approximate surface area is 109 Å². The van der Waals surface area contributed by atoms with Crippen molar-refractivity contribution in [3.8, 4) is 0 Å². The number of fused-ring (bicyclic) bond motifs is 1. The number of aromatic amines is 1. The zero-order chi connectivity index (χ0) is 13.4. The maximum Gasteiger partial charge on any atom is 0.275 e. The molecular weight excluding hydrogens is 240 g/mol. The minimum atomic E-state index is -0.183. The normalized spacial score (nSPS) is 11.1. The molecule has 0 atom stereocenters. The molecule has 0 amide bonds. The van der Waals surface area contributed by atoms with Crippen LogP contribution in [-0.4, -0.2) is 20.0 Å². The van der Waals surface area contributed by atoms with E-state index in [-0.39, 0.29) is 5.56 Å². The highest BCUT2D eigenvalue weighted by Crippen LogP contribution is 2.17. The quantitative estimate of drug-likeness (QED) is 0.758. The van der Waals surface area contributed by atoms with E-state index in [0.717, 1.165) is 22.5 Å². The van der Waals surface area contributed by atoms with Gasteiger partial charge in [-0.1, -0.05) is 30.3 Å². The third kappa shape index (κ3) is 1.93. The largest absolute Gasteiger partial charge is 0.275 e. The van der Waals surface area contributed by atoms with Crippen molar-refractivity contribution < 1.29 is 0 Å². The van der Waals surface area contributed by atoms with Crippen molar-refractivity contribution in [2.45, 2.75) is 20.4 Å². The lowest BCUT2D eigenvalue weighted by atomic mass is 10.2. The molecule has 96 valence electrons. The minimum absolute atomic E-state index is 0.183. The minimum Gasteiger partial charge on any atom is -0.267 e. The van der Waals surface area contributed by atoms with Crippen LogP contribution in [0.15, 0.2) is 35.1 Å². The Morgan fingerprint density at radius 2 is 1.89 bits per heavy atom. The number of nitrogens with zero attached hydrogens (tertiary/aromatic N) is 3. The van der Waals surface area contributed by atoms with Gasteiger partial charge >= 0.3 is 0 Å². The molecule has 5 heteroatoms. The van der Waals surface area contributed by atoms with Gasteiger partial charge in [0, 0.05) is 0 Å². The molecule has 0 aliphatic carbocycles. The summed E-state index contributed by atoms with van der Waals surface area (Å²) >= 11 is 0. The summed E-state index contributed by atoms with van der Waals surface area (Å²) in [6.07, 6.45) is 0. The van der Waals surface area contributed by atoms with Gasteiger partial charge in [0.25, 0.3) is 5.56 Å². The van der Waals surface area contributed by atoms with E-state index in [1.807, 2.05) is 48.9 Å². The first-order chi connectivity index (χ1) is 9.16. The van der Waals surface area contributed by atoms with Crippen molar-refractivity contribution >= 4 is 10.9 Å². The molecule has 0 radical (unpaired) electrons. The number of hydrogen-bond donors (Lipinski definition) is 1. The van der Waals surface area contributed by atoms with Crippen LogP contribution in [0.25, 0.3) is 10.9 Å². The third-order valence-corrected chi connectivity index (χ3v) is 3.20. The molecule has 0 aliphatic rings. The molecule has 0 unspecified atom stereocenters. The second-order valence-electron chi connectivity index (χ2n) is 4.59. The fourth-order valence-corrected chi connectivity index (χ4v) is 2.34. The first kappa shape index (κ1) is 11.6. The highest BCUT2D eigenvalue weighted by Gasteiger charge is 2.14. The highest BCUT2D eigenvalue weighted by molar-refractivity contribution is 5.82. The predicted octanol–water partition coefficient (Wildman–Crippen LogP) is 1.78. The van der Waals surface area contributed by atoms with E-state index in [9.17, 15) is 4.79 Å². The van der Waals surface area contributed by atoms with Crippen LogP contribution in [0.1, 0.15) is 17.0 Å². The molecule has 0 aliphatic heterocycles. The lowest BCUT2D eigenvalue weighted by Gasteiger charge is -2.04. The van der Waals surface area contributed by atoms with Crippen molar-refractivity contribution in [3.63, 3.8) is 0 Å². The molecule has 0 saturated carbocycles. The Morgan fingerprint density at radius 3 is 2.63 bits per heavy atom. The van der Waals surface area contributed by atoms with Crippen LogP contribution in [-0.2, 0) is 6.54 Å². The summed E-state index contributed by atoms with van der Waals surface area (Å²) in [5.74, 6) is 0. The summed E-state index contributed by atoms with van der Waals surface area (Å²) in [5.41, 5.74) is 3.29. The Balaban J connectivity index is 2.20. The second kappa shape index (κ2) is 4.35. The van der Waals surface area contributed by atoms with Gasteiger partial charge in [-0.25, -0.2) is 5.10 Å². The van der Waals surface area contributed by atoms with Crippen LogP contribution >= 0.6 is 0 Å². The molecule has 0 spiro atoms. The van der Waals surface area contributed by atoms with Crippen LogP contribution in [0.3, 0.4) is 0 Å². The lowest BCUT2D eigenvalue weighted by Crippen LogP contribution is -2.11. The Morgan fingerprint density at radius 1 is 1.16 bits per heavy atom. The van der Waals surface area contributed by atoms with Crippen LogP contribution in [0.5, 0.6) is 0 Å². The molecule has 3 rings (SSSR count). The molecule has 2 heterocycles. The summed E-state index contributed by atoms with van der Waals surface area (Å²) in [6.45, 7) is 4.36. The van der Waals surface area contributed by atoms with E-state index in [1.165, 1.54) is 0 Å².